The predicted octanol–water partition coefficient (Wildman–Crippen LogP) is 5.29. The van der Waals surface area contributed by atoms with E-state index in [2.05, 4.69) is 54.7 Å². The number of rotatable bonds is 5. The smallest absolute Gasteiger partial charge is 0.0214 e. The highest BCUT2D eigenvalue weighted by Crippen LogP contribution is 2.28. The largest absolute Gasteiger partial charge is 0.310 e. The third kappa shape index (κ3) is 3.47. The molecule has 0 aromatic heterocycles. The van der Waals surface area contributed by atoms with Crippen LogP contribution in [0.3, 0.4) is 0 Å². The Kier molecular flexibility index (Phi) is 4.92. The zero-order valence-electron chi connectivity index (χ0n) is 13.1. The summed E-state index contributed by atoms with van der Waals surface area (Å²) in [5.41, 5.74) is 1.43. The molecule has 1 nitrogen and oxygen atoms in total. The van der Waals surface area contributed by atoms with E-state index in [1.807, 2.05) is 0 Å². The van der Waals surface area contributed by atoms with Crippen LogP contribution in [0.2, 0.25) is 0 Å². The summed E-state index contributed by atoms with van der Waals surface area (Å²) < 4.78 is 0. The lowest BCUT2D eigenvalue weighted by Gasteiger charge is -2.30. The molecule has 0 saturated heterocycles. The topological polar surface area (TPSA) is 12.0 Å². The SMILES string of the molecule is CCC(NCc1cccc2ccccc12)C1CCCCC1. The fraction of sp³-hybridized carbons (Fsp3) is 0.500. The first-order valence-electron chi connectivity index (χ1n) is 8.58. The zero-order chi connectivity index (χ0) is 14.5. The molecule has 0 spiro atoms. The van der Waals surface area contributed by atoms with Crippen LogP contribution in [0.5, 0.6) is 0 Å². The molecule has 1 aliphatic carbocycles. The van der Waals surface area contributed by atoms with E-state index in [1.54, 1.807) is 0 Å². The van der Waals surface area contributed by atoms with Gasteiger partial charge in [-0.15, -0.1) is 0 Å². The highest BCUT2D eigenvalue weighted by atomic mass is 14.9. The van der Waals surface area contributed by atoms with Gasteiger partial charge in [0.2, 0.25) is 0 Å². The van der Waals surface area contributed by atoms with Gasteiger partial charge in [-0.3, -0.25) is 0 Å². The van der Waals surface area contributed by atoms with Crippen molar-refractivity contribution in [3.8, 4) is 0 Å². The van der Waals surface area contributed by atoms with E-state index in [0.29, 0.717) is 6.04 Å². The van der Waals surface area contributed by atoms with Crippen LogP contribution in [0.25, 0.3) is 10.8 Å². The Balaban J connectivity index is 1.70. The van der Waals surface area contributed by atoms with E-state index in [1.165, 1.54) is 54.9 Å². The van der Waals surface area contributed by atoms with E-state index in [-0.39, 0.29) is 0 Å². The van der Waals surface area contributed by atoms with Crippen LogP contribution in [0.15, 0.2) is 42.5 Å². The van der Waals surface area contributed by atoms with Gasteiger partial charge in [0.1, 0.15) is 0 Å². The third-order valence-electron chi connectivity index (χ3n) is 5.09. The summed E-state index contributed by atoms with van der Waals surface area (Å²) in [7, 11) is 0. The molecular formula is C20H27N. The van der Waals surface area contributed by atoms with Gasteiger partial charge in [0.15, 0.2) is 0 Å². The summed E-state index contributed by atoms with van der Waals surface area (Å²) in [6.07, 6.45) is 8.38. The molecule has 1 atom stereocenters. The van der Waals surface area contributed by atoms with Crippen LogP contribution in [-0.2, 0) is 6.54 Å². The maximum atomic E-state index is 3.85. The predicted molar refractivity (Wildman–Crippen MR) is 91.4 cm³/mol. The summed E-state index contributed by atoms with van der Waals surface area (Å²) in [5.74, 6) is 0.888. The monoisotopic (exact) mass is 281 g/mol. The number of hydrogen-bond donors (Lipinski definition) is 1. The van der Waals surface area contributed by atoms with Gasteiger partial charge >= 0.3 is 0 Å². The minimum Gasteiger partial charge on any atom is -0.310 e. The first kappa shape index (κ1) is 14.6. The van der Waals surface area contributed by atoms with Gasteiger partial charge in [-0.25, -0.2) is 0 Å². The molecule has 1 aliphatic rings. The zero-order valence-corrected chi connectivity index (χ0v) is 13.1. The van der Waals surface area contributed by atoms with Crippen LogP contribution in [0.1, 0.15) is 51.0 Å². The molecule has 3 rings (SSSR count). The summed E-state index contributed by atoms with van der Waals surface area (Å²) >= 11 is 0. The van der Waals surface area contributed by atoms with Crippen LogP contribution >= 0.6 is 0 Å². The van der Waals surface area contributed by atoms with Crippen molar-refractivity contribution in [1.82, 2.24) is 5.32 Å². The van der Waals surface area contributed by atoms with Crippen LogP contribution in [0, 0.1) is 5.92 Å². The van der Waals surface area contributed by atoms with Gasteiger partial charge in [0.25, 0.3) is 0 Å². The molecule has 1 unspecified atom stereocenters. The molecule has 1 heteroatoms. The molecule has 1 fully saturated rings. The Morgan fingerprint density at radius 2 is 1.76 bits per heavy atom. The van der Waals surface area contributed by atoms with E-state index in [9.17, 15) is 0 Å². The summed E-state index contributed by atoms with van der Waals surface area (Å²) in [5, 5.41) is 6.59. The normalized spacial score (nSPS) is 18.0. The van der Waals surface area contributed by atoms with Crippen molar-refractivity contribution in [1.29, 1.82) is 0 Å². The lowest BCUT2D eigenvalue weighted by molar-refractivity contribution is 0.262. The second-order valence-corrected chi connectivity index (χ2v) is 6.43. The highest BCUT2D eigenvalue weighted by Gasteiger charge is 2.21. The maximum Gasteiger partial charge on any atom is 0.0214 e. The van der Waals surface area contributed by atoms with E-state index in [0.717, 1.165) is 12.5 Å². The van der Waals surface area contributed by atoms with Crippen molar-refractivity contribution in [2.24, 2.45) is 5.92 Å². The van der Waals surface area contributed by atoms with Crippen molar-refractivity contribution in [2.75, 3.05) is 0 Å². The quantitative estimate of drug-likeness (QED) is 0.785. The lowest BCUT2D eigenvalue weighted by Crippen LogP contribution is -2.36. The molecule has 112 valence electrons. The second kappa shape index (κ2) is 7.09. The molecule has 0 heterocycles. The van der Waals surface area contributed by atoms with E-state index < -0.39 is 0 Å². The summed E-state index contributed by atoms with van der Waals surface area (Å²) in [4.78, 5) is 0. The number of nitrogens with one attached hydrogen (secondary N) is 1. The summed E-state index contributed by atoms with van der Waals surface area (Å²) in [6.45, 7) is 3.33. The van der Waals surface area contributed by atoms with Crippen molar-refractivity contribution >= 4 is 10.8 Å². The Bertz CT molecular complexity index is 564. The number of benzene rings is 2. The molecule has 2 aromatic carbocycles. The molecule has 1 N–H and O–H groups in total. The molecular weight excluding hydrogens is 254 g/mol. The average molecular weight is 281 g/mol. The van der Waals surface area contributed by atoms with Crippen molar-refractivity contribution in [3.05, 3.63) is 48.0 Å². The molecule has 1 saturated carbocycles. The fourth-order valence-corrected chi connectivity index (χ4v) is 3.87. The van der Waals surface area contributed by atoms with Gasteiger partial charge in [0, 0.05) is 12.6 Å². The van der Waals surface area contributed by atoms with Crippen molar-refractivity contribution in [3.63, 3.8) is 0 Å². The van der Waals surface area contributed by atoms with Gasteiger partial charge in [0.05, 0.1) is 0 Å². The first-order chi connectivity index (χ1) is 10.4. The van der Waals surface area contributed by atoms with Crippen molar-refractivity contribution in [2.45, 2.75) is 58.0 Å². The molecule has 0 amide bonds. The maximum absolute atomic E-state index is 3.85. The fourth-order valence-electron chi connectivity index (χ4n) is 3.87. The Hall–Kier alpha value is -1.34. The Morgan fingerprint density at radius 1 is 1.00 bits per heavy atom. The standard InChI is InChI=1S/C20H27N/c1-2-20(17-10-4-3-5-11-17)21-15-18-13-8-12-16-9-6-7-14-19(16)18/h6-9,12-14,17,20-21H,2-5,10-11,15H2,1H3. The third-order valence-corrected chi connectivity index (χ3v) is 5.09. The summed E-state index contributed by atoms with van der Waals surface area (Å²) in [6, 6.07) is 16.1. The van der Waals surface area contributed by atoms with Gasteiger partial charge in [-0.05, 0) is 41.5 Å². The highest BCUT2D eigenvalue weighted by molar-refractivity contribution is 5.85. The molecule has 2 aromatic rings. The van der Waals surface area contributed by atoms with Crippen LogP contribution in [-0.4, -0.2) is 6.04 Å². The number of hydrogen-bond acceptors (Lipinski definition) is 1. The van der Waals surface area contributed by atoms with Gasteiger partial charge in [-0.1, -0.05) is 68.7 Å². The Morgan fingerprint density at radius 3 is 2.57 bits per heavy atom. The average Bonchev–Trinajstić information content (AvgIpc) is 2.56. The second-order valence-electron chi connectivity index (χ2n) is 6.43. The molecule has 0 bridgehead atoms. The lowest BCUT2D eigenvalue weighted by atomic mass is 9.83. The first-order valence-corrected chi connectivity index (χ1v) is 8.58. The van der Waals surface area contributed by atoms with E-state index in [4.69, 9.17) is 0 Å². The minimum absolute atomic E-state index is 0.685. The van der Waals surface area contributed by atoms with Gasteiger partial charge < -0.3 is 5.32 Å². The van der Waals surface area contributed by atoms with Crippen LogP contribution in [0.4, 0.5) is 0 Å². The van der Waals surface area contributed by atoms with E-state index >= 15 is 0 Å². The number of fused-ring (bicyclic) bond motifs is 1. The minimum atomic E-state index is 0.685. The Labute approximate surface area is 128 Å². The van der Waals surface area contributed by atoms with Gasteiger partial charge in [-0.2, -0.15) is 0 Å². The van der Waals surface area contributed by atoms with Crippen LogP contribution < -0.4 is 5.32 Å². The molecule has 21 heavy (non-hydrogen) atoms. The molecule has 0 aliphatic heterocycles. The molecule has 0 radical (unpaired) electrons. The van der Waals surface area contributed by atoms with Crippen molar-refractivity contribution < 1.29 is 0 Å².